The molecule has 2 aromatic rings. The Balaban J connectivity index is 1.58. The van der Waals surface area contributed by atoms with E-state index in [9.17, 15) is 14.4 Å². The molecule has 0 radical (unpaired) electrons. The number of carboxylic acids is 1. The molecule has 2 aromatic carbocycles. The number of aromatic carboxylic acids is 1. The zero-order chi connectivity index (χ0) is 24.2. The Kier molecular flexibility index (Phi) is 7.50. The van der Waals surface area contributed by atoms with Crippen molar-refractivity contribution in [3.8, 4) is 0 Å². The Morgan fingerprint density at radius 1 is 1.15 bits per heavy atom. The number of anilines is 1. The van der Waals surface area contributed by atoms with Gasteiger partial charge in [-0.05, 0) is 48.9 Å². The van der Waals surface area contributed by atoms with Crippen molar-refractivity contribution in [2.75, 3.05) is 38.1 Å². The summed E-state index contributed by atoms with van der Waals surface area (Å²) in [6.07, 6.45) is 0.356. The lowest BCUT2D eigenvalue weighted by Crippen LogP contribution is -2.49. The van der Waals surface area contributed by atoms with Crippen LogP contribution >= 0.6 is 0 Å². The average molecular weight is 453 g/mol. The molecule has 8 heteroatoms. The molecule has 0 spiro atoms. The molecule has 0 bridgehead atoms. The molecular weight excluding hydrogens is 420 g/mol. The van der Waals surface area contributed by atoms with Crippen molar-refractivity contribution in [3.63, 3.8) is 0 Å². The predicted octanol–water partition coefficient (Wildman–Crippen LogP) is 1.63. The number of carbonyl (C=O) groups is 3. The molecule has 1 aliphatic heterocycles. The van der Waals surface area contributed by atoms with Gasteiger partial charge in [-0.1, -0.05) is 38.1 Å². The first-order valence-corrected chi connectivity index (χ1v) is 11.0. The van der Waals surface area contributed by atoms with Crippen molar-refractivity contribution in [3.05, 3.63) is 65.2 Å². The van der Waals surface area contributed by atoms with Crippen LogP contribution in [0.2, 0.25) is 0 Å². The van der Waals surface area contributed by atoms with Crippen LogP contribution in [0, 0.1) is 0 Å². The summed E-state index contributed by atoms with van der Waals surface area (Å²) in [6, 6.07) is 13.5. The first-order chi connectivity index (χ1) is 15.6. The molecule has 8 nitrogen and oxygen atoms in total. The number of rotatable bonds is 8. The summed E-state index contributed by atoms with van der Waals surface area (Å²) in [4.78, 5) is 39.8. The van der Waals surface area contributed by atoms with Crippen LogP contribution in [0.5, 0.6) is 0 Å². The van der Waals surface area contributed by atoms with Crippen molar-refractivity contribution < 1.29 is 19.5 Å². The largest absolute Gasteiger partial charge is 0.478 e. The molecule has 1 fully saturated rings. The van der Waals surface area contributed by atoms with Gasteiger partial charge in [0, 0.05) is 30.7 Å². The molecule has 3 rings (SSSR count). The number of piperazine rings is 1. The fourth-order valence-electron chi connectivity index (χ4n) is 3.87. The van der Waals surface area contributed by atoms with Crippen LogP contribution < -0.4 is 16.0 Å². The summed E-state index contributed by atoms with van der Waals surface area (Å²) < 4.78 is 0. The third-order valence-corrected chi connectivity index (χ3v) is 6.04. The number of likely N-dealkylation sites (N-methyl/N-ethyl adjacent to an activating group) is 1. The van der Waals surface area contributed by atoms with E-state index in [-0.39, 0.29) is 17.4 Å². The molecule has 1 aliphatic rings. The maximum absolute atomic E-state index is 12.7. The Morgan fingerprint density at radius 2 is 1.85 bits per heavy atom. The number of nitrogens with zero attached hydrogens (tertiary/aromatic N) is 2. The third kappa shape index (κ3) is 6.18. The Bertz CT molecular complexity index is 1020. The summed E-state index contributed by atoms with van der Waals surface area (Å²) >= 11 is 0. The van der Waals surface area contributed by atoms with Gasteiger partial charge in [0.05, 0.1) is 18.2 Å². The molecule has 1 saturated heterocycles. The van der Waals surface area contributed by atoms with Crippen LogP contribution in [-0.4, -0.2) is 67.1 Å². The van der Waals surface area contributed by atoms with Crippen molar-refractivity contribution in [1.29, 1.82) is 0 Å². The van der Waals surface area contributed by atoms with Crippen molar-refractivity contribution in [2.24, 2.45) is 5.73 Å². The number of amides is 2. The van der Waals surface area contributed by atoms with E-state index < -0.39 is 17.4 Å². The minimum absolute atomic E-state index is 0.0570. The second-order valence-corrected chi connectivity index (χ2v) is 9.25. The molecule has 176 valence electrons. The highest BCUT2D eigenvalue weighted by molar-refractivity contribution is 5.95. The summed E-state index contributed by atoms with van der Waals surface area (Å²) in [7, 11) is 1.93. The lowest BCUT2D eigenvalue weighted by molar-refractivity contribution is -0.122. The van der Waals surface area contributed by atoms with Gasteiger partial charge < -0.3 is 21.1 Å². The number of hydrogen-bond donors (Lipinski definition) is 3. The minimum Gasteiger partial charge on any atom is -0.478 e. The zero-order valence-electron chi connectivity index (χ0n) is 19.4. The quantitative estimate of drug-likeness (QED) is 0.561. The number of nitrogens with one attached hydrogen (secondary N) is 1. The first kappa shape index (κ1) is 24.4. The van der Waals surface area contributed by atoms with Crippen LogP contribution in [-0.2, 0) is 21.4 Å². The normalized spacial score (nSPS) is 15.9. The molecule has 0 unspecified atom stereocenters. The molecule has 1 atom stereocenters. The van der Waals surface area contributed by atoms with Crippen molar-refractivity contribution in [2.45, 2.75) is 31.7 Å². The summed E-state index contributed by atoms with van der Waals surface area (Å²) in [5.41, 5.74) is 8.65. The second-order valence-electron chi connectivity index (χ2n) is 9.25. The van der Waals surface area contributed by atoms with Gasteiger partial charge in [0.1, 0.15) is 0 Å². The van der Waals surface area contributed by atoms with Gasteiger partial charge in [-0.15, -0.1) is 0 Å². The van der Waals surface area contributed by atoms with Gasteiger partial charge in [0.2, 0.25) is 11.8 Å². The van der Waals surface area contributed by atoms with Gasteiger partial charge in [-0.25, -0.2) is 4.79 Å². The smallest absolute Gasteiger partial charge is 0.335 e. The number of nitrogens with two attached hydrogens (primary N) is 1. The molecule has 33 heavy (non-hydrogen) atoms. The molecular formula is C25H32N4O4. The maximum atomic E-state index is 12.7. The predicted molar refractivity (Wildman–Crippen MR) is 127 cm³/mol. The van der Waals surface area contributed by atoms with Crippen LogP contribution in [0.25, 0.3) is 0 Å². The number of carbonyl (C=O) groups excluding carboxylic acids is 2. The van der Waals surface area contributed by atoms with Crippen LogP contribution in [0.4, 0.5) is 5.69 Å². The van der Waals surface area contributed by atoms with E-state index in [0.717, 1.165) is 23.4 Å². The fraction of sp³-hybridized carbons (Fsp3) is 0.400. The van der Waals surface area contributed by atoms with Gasteiger partial charge in [-0.3, -0.25) is 14.5 Å². The topological polar surface area (TPSA) is 116 Å². The molecule has 4 N–H and O–H groups in total. The van der Waals surface area contributed by atoms with Crippen LogP contribution in [0.3, 0.4) is 0 Å². The van der Waals surface area contributed by atoms with E-state index in [4.69, 9.17) is 10.8 Å². The molecule has 0 aromatic heterocycles. The van der Waals surface area contributed by atoms with E-state index >= 15 is 0 Å². The Labute approximate surface area is 194 Å². The van der Waals surface area contributed by atoms with E-state index in [0.29, 0.717) is 26.1 Å². The molecule has 1 heterocycles. The zero-order valence-corrected chi connectivity index (χ0v) is 19.4. The molecule has 2 amide bonds. The van der Waals surface area contributed by atoms with Gasteiger partial charge in [0.15, 0.2) is 0 Å². The summed E-state index contributed by atoms with van der Waals surface area (Å²) in [5, 5.41) is 12.0. The monoisotopic (exact) mass is 452 g/mol. The first-order valence-electron chi connectivity index (χ1n) is 11.0. The van der Waals surface area contributed by atoms with Gasteiger partial charge in [-0.2, -0.15) is 0 Å². The summed E-state index contributed by atoms with van der Waals surface area (Å²) in [5.74, 6) is -1.17. The highest BCUT2D eigenvalue weighted by Gasteiger charge is 2.25. The van der Waals surface area contributed by atoms with Crippen LogP contribution in [0.1, 0.15) is 35.3 Å². The highest BCUT2D eigenvalue weighted by Crippen LogP contribution is 2.23. The Morgan fingerprint density at radius 3 is 2.48 bits per heavy atom. The number of hydrogen-bond acceptors (Lipinski definition) is 5. The third-order valence-electron chi connectivity index (χ3n) is 6.04. The lowest BCUT2D eigenvalue weighted by atomic mass is 9.84. The minimum atomic E-state index is -0.973. The number of carboxylic acid groups (broad SMARTS) is 1. The van der Waals surface area contributed by atoms with Crippen molar-refractivity contribution in [1.82, 2.24) is 10.2 Å². The average Bonchev–Trinajstić information content (AvgIpc) is 2.77. The Hall–Kier alpha value is -3.23. The summed E-state index contributed by atoms with van der Waals surface area (Å²) in [6.45, 7) is 6.15. The highest BCUT2D eigenvalue weighted by atomic mass is 16.4. The van der Waals surface area contributed by atoms with Crippen LogP contribution in [0.15, 0.2) is 48.5 Å². The van der Waals surface area contributed by atoms with E-state index in [1.807, 2.05) is 50.1 Å². The van der Waals surface area contributed by atoms with Crippen molar-refractivity contribution >= 4 is 23.5 Å². The molecule has 0 aliphatic carbocycles. The fourth-order valence-corrected chi connectivity index (χ4v) is 3.87. The maximum Gasteiger partial charge on any atom is 0.335 e. The van der Waals surface area contributed by atoms with E-state index in [1.165, 1.54) is 0 Å². The van der Waals surface area contributed by atoms with E-state index in [2.05, 4.69) is 5.32 Å². The number of benzene rings is 2. The SMILES string of the molecule is CN1CCN(c2cccc(C[C@H](N)C(=O)NCC(C)(C)c3ccc(C(=O)O)cc3)c2)C(=O)C1. The molecule has 0 saturated carbocycles. The van der Waals surface area contributed by atoms with E-state index in [1.54, 1.807) is 29.2 Å². The lowest BCUT2D eigenvalue weighted by Gasteiger charge is -2.32. The standard InChI is InChI=1S/C25H32N4O4/c1-25(2,19-9-7-18(8-10-19)24(32)33)16-27-23(31)21(26)14-17-5-4-6-20(13-17)29-12-11-28(3)15-22(29)30/h4-10,13,21H,11-12,14-16,26H2,1-3H3,(H,27,31)(H,32,33)/t21-/m0/s1. The second kappa shape index (κ2) is 10.1. The van der Waals surface area contributed by atoms with Gasteiger partial charge >= 0.3 is 5.97 Å². The van der Waals surface area contributed by atoms with Gasteiger partial charge in [0.25, 0.3) is 0 Å².